The van der Waals surface area contributed by atoms with E-state index in [-0.39, 0.29) is 23.3 Å². The van der Waals surface area contributed by atoms with E-state index in [1.807, 2.05) is 0 Å². The van der Waals surface area contributed by atoms with Crippen LogP contribution in [-0.4, -0.2) is 32.9 Å². The van der Waals surface area contributed by atoms with Crippen molar-refractivity contribution in [3.8, 4) is 0 Å². The lowest BCUT2D eigenvalue weighted by Crippen LogP contribution is -2.31. The van der Waals surface area contributed by atoms with Crippen LogP contribution in [0.4, 0.5) is 5.69 Å². The summed E-state index contributed by atoms with van der Waals surface area (Å²) in [6.45, 7) is 4.06. The minimum atomic E-state index is -3.97. The van der Waals surface area contributed by atoms with Gasteiger partial charge in [0.05, 0.1) is 23.5 Å². The van der Waals surface area contributed by atoms with E-state index in [9.17, 15) is 18.0 Å². The van der Waals surface area contributed by atoms with Crippen LogP contribution in [0.25, 0.3) is 0 Å². The maximum atomic E-state index is 13.0. The van der Waals surface area contributed by atoms with Gasteiger partial charge in [0.2, 0.25) is 15.9 Å². The summed E-state index contributed by atoms with van der Waals surface area (Å²) in [5.74, 6) is -0.512. The Labute approximate surface area is 187 Å². The third-order valence-corrected chi connectivity index (χ3v) is 6.68. The maximum absolute atomic E-state index is 13.0. The van der Waals surface area contributed by atoms with Crippen molar-refractivity contribution in [2.45, 2.75) is 50.2 Å². The van der Waals surface area contributed by atoms with Crippen molar-refractivity contribution in [2.24, 2.45) is 0 Å². The Bertz CT molecular complexity index is 1050. The van der Waals surface area contributed by atoms with E-state index in [1.165, 1.54) is 12.1 Å². The van der Waals surface area contributed by atoms with E-state index in [0.717, 1.165) is 6.42 Å². The number of amides is 1. The largest absolute Gasteiger partial charge is 0.463 e. The molecule has 1 aliphatic rings. The van der Waals surface area contributed by atoms with E-state index in [1.54, 1.807) is 55.1 Å². The fraction of sp³-hybridized carbons (Fsp3) is 0.364. The molecule has 0 saturated carbocycles. The molecule has 1 fully saturated rings. The van der Waals surface area contributed by atoms with Crippen LogP contribution in [0.1, 0.15) is 44.7 Å². The molecule has 0 radical (unpaired) electrons. The molecule has 2 aromatic rings. The first-order valence-corrected chi connectivity index (χ1v) is 11.9. The molecule has 0 aromatic heterocycles. The van der Waals surface area contributed by atoms with Crippen molar-refractivity contribution in [3.63, 3.8) is 0 Å². The summed E-state index contributed by atoms with van der Waals surface area (Å²) in [7, 11) is -3.97. The molecule has 166 valence electrons. The predicted octanol–water partition coefficient (Wildman–Crippen LogP) is 3.83. The first kappa shape index (κ1) is 23.2. The molecule has 7 nitrogen and oxygen atoms in total. The number of halogens is 1. The van der Waals surface area contributed by atoms with Gasteiger partial charge in [0.1, 0.15) is 0 Å². The molecule has 1 heterocycles. The Morgan fingerprint density at radius 1 is 1.16 bits per heavy atom. The number of nitrogens with one attached hydrogen (secondary N) is 1. The third-order valence-electron chi connectivity index (χ3n) is 4.85. The van der Waals surface area contributed by atoms with Crippen LogP contribution < -0.4 is 9.62 Å². The normalized spacial score (nSPS) is 15.4. The highest BCUT2D eigenvalue weighted by molar-refractivity contribution is 7.89. The van der Waals surface area contributed by atoms with Gasteiger partial charge in [0.25, 0.3) is 0 Å². The highest BCUT2D eigenvalue weighted by Crippen LogP contribution is 2.28. The first-order chi connectivity index (χ1) is 14.7. The SMILES string of the molecule is CC(C)OC(=O)C[C@@H](NS(=O)(=O)c1ccc(N2CCCC2=O)cc1)c1ccccc1Cl. The number of nitrogens with zero attached hydrogens (tertiary/aromatic N) is 1. The molecule has 2 aromatic carbocycles. The summed E-state index contributed by atoms with van der Waals surface area (Å²) < 4.78 is 33.8. The molecule has 0 spiro atoms. The van der Waals surface area contributed by atoms with Gasteiger partial charge >= 0.3 is 5.97 Å². The molecule has 3 rings (SSSR count). The van der Waals surface area contributed by atoms with Crippen LogP contribution in [-0.2, 0) is 24.3 Å². The van der Waals surface area contributed by atoms with E-state index >= 15 is 0 Å². The smallest absolute Gasteiger partial charge is 0.308 e. The molecule has 0 bridgehead atoms. The molecule has 9 heteroatoms. The molecule has 31 heavy (non-hydrogen) atoms. The minimum absolute atomic E-state index is 0.0242. The summed E-state index contributed by atoms with van der Waals surface area (Å²) in [6, 6.07) is 11.9. The number of benzene rings is 2. The van der Waals surface area contributed by atoms with Crippen molar-refractivity contribution >= 4 is 39.2 Å². The molecule has 1 atom stereocenters. The quantitative estimate of drug-likeness (QED) is 0.599. The molecule has 1 amide bonds. The Kier molecular flexibility index (Phi) is 7.35. The Hall–Kier alpha value is -2.42. The van der Waals surface area contributed by atoms with Crippen molar-refractivity contribution in [3.05, 3.63) is 59.1 Å². The van der Waals surface area contributed by atoms with E-state index < -0.39 is 22.0 Å². The fourth-order valence-electron chi connectivity index (χ4n) is 3.43. The van der Waals surface area contributed by atoms with Gasteiger partial charge in [-0.3, -0.25) is 9.59 Å². The van der Waals surface area contributed by atoms with Crippen LogP contribution in [0, 0.1) is 0 Å². The Morgan fingerprint density at radius 3 is 2.42 bits per heavy atom. The van der Waals surface area contributed by atoms with Crippen LogP contribution in [0.15, 0.2) is 53.4 Å². The average molecular weight is 465 g/mol. The average Bonchev–Trinajstić information content (AvgIpc) is 3.13. The number of carbonyl (C=O) groups is 2. The number of esters is 1. The van der Waals surface area contributed by atoms with Crippen molar-refractivity contribution in [2.75, 3.05) is 11.4 Å². The zero-order valence-electron chi connectivity index (χ0n) is 17.4. The lowest BCUT2D eigenvalue weighted by molar-refractivity contribution is -0.147. The van der Waals surface area contributed by atoms with Crippen molar-refractivity contribution < 1.29 is 22.7 Å². The third kappa shape index (κ3) is 5.84. The highest BCUT2D eigenvalue weighted by atomic mass is 35.5. The molecule has 1 saturated heterocycles. The lowest BCUT2D eigenvalue weighted by Gasteiger charge is -2.21. The number of ether oxygens (including phenoxy) is 1. The Balaban J connectivity index is 1.84. The summed E-state index contributed by atoms with van der Waals surface area (Å²) in [5.41, 5.74) is 1.14. The zero-order chi connectivity index (χ0) is 22.6. The number of carbonyl (C=O) groups excluding carboxylic acids is 2. The number of sulfonamides is 1. The first-order valence-electron chi connectivity index (χ1n) is 10.0. The molecule has 0 unspecified atom stereocenters. The van der Waals surface area contributed by atoms with Gasteiger partial charge in [0, 0.05) is 23.7 Å². The standard InChI is InChI=1S/C22H25ClN2O5S/c1-15(2)30-22(27)14-20(18-6-3-4-7-19(18)23)24-31(28,29)17-11-9-16(10-12-17)25-13-5-8-21(25)26/h3-4,6-7,9-12,15,20,24H,5,8,13-14H2,1-2H3/t20-/m1/s1. The van der Waals surface area contributed by atoms with E-state index in [0.29, 0.717) is 29.2 Å². The van der Waals surface area contributed by atoms with Gasteiger partial charge in [-0.25, -0.2) is 13.1 Å². The van der Waals surface area contributed by atoms with E-state index in [2.05, 4.69) is 4.72 Å². The second kappa shape index (κ2) is 9.80. The van der Waals surface area contributed by atoms with Crippen LogP contribution in [0.2, 0.25) is 5.02 Å². The number of hydrogen-bond donors (Lipinski definition) is 1. The van der Waals surface area contributed by atoms with Crippen LogP contribution in [0.5, 0.6) is 0 Å². The number of rotatable bonds is 8. The summed E-state index contributed by atoms with van der Waals surface area (Å²) in [4.78, 5) is 25.8. The summed E-state index contributed by atoms with van der Waals surface area (Å²) in [5, 5.41) is 0.343. The highest BCUT2D eigenvalue weighted by Gasteiger charge is 2.27. The second-order valence-electron chi connectivity index (χ2n) is 7.58. The van der Waals surface area contributed by atoms with Gasteiger partial charge in [-0.1, -0.05) is 29.8 Å². The number of anilines is 1. The molecule has 1 aliphatic heterocycles. The monoisotopic (exact) mass is 464 g/mol. The van der Waals surface area contributed by atoms with Crippen molar-refractivity contribution in [1.29, 1.82) is 0 Å². The lowest BCUT2D eigenvalue weighted by atomic mass is 10.0. The minimum Gasteiger partial charge on any atom is -0.463 e. The molecule has 1 N–H and O–H groups in total. The zero-order valence-corrected chi connectivity index (χ0v) is 18.9. The van der Waals surface area contributed by atoms with Crippen LogP contribution >= 0.6 is 11.6 Å². The molecular formula is C22H25ClN2O5S. The molecule has 0 aliphatic carbocycles. The molecular weight excluding hydrogens is 440 g/mol. The fourth-order valence-corrected chi connectivity index (χ4v) is 4.91. The van der Waals surface area contributed by atoms with Gasteiger partial charge < -0.3 is 9.64 Å². The Morgan fingerprint density at radius 2 is 1.84 bits per heavy atom. The predicted molar refractivity (Wildman–Crippen MR) is 118 cm³/mol. The van der Waals surface area contributed by atoms with Gasteiger partial charge in [-0.05, 0) is 56.2 Å². The van der Waals surface area contributed by atoms with Crippen LogP contribution in [0.3, 0.4) is 0 Å². The van der Waals surface area contributed by atoms with Crippen molar-refractivity contribution in [1.82, 2.24) is 4.72 Å². The van der Waals surface area contributed by atoms with Gasteiger partial charge in [-0.2, -0.15) is 0 Å². The number of hydrogen-bond acceptors (Lipinski definition) is 5. The summed E-state index contributed by atoms with van der Waals surface area (Å²) in [6.07, 6.45) is 0.749. The topological polar surface area (TPSA) is 92.8 Å². The van der Waals surface area contributed by atoms with E-state index in [4.69, 9.17) is 16.3 Å². The van der Waals surface area contributed by atoms with Gasteiger partial charge in [0.15, 0.2) is 0 Å². The summed E-state index contributed by atoms with van der Waals surface area (Å²) >= 11 is 6.27. The maximum Gasteiger partial charge on any atom is 0.308 e. The second-order valence-corrected chi connectivity index (χ2v) is 9.70. The van der Waals surface area contributed by atoms with Gasteiger partial charge in [-0.15, -0.1) is 0 Å².